The predicted molar refractivity (Wildman–Crippen MR) is 129 cm³/mol. The molecule has 1 N–H and O–H groups in total. The maximum Gasteiger partial charge on any atom is 0.338 e. The first-order valence-electron chi connectivity index (χ1n) is 11.7. The van der Waals surface area contributed by atoms with Crippen LogP contribution in [0.4, 0.5) is 0 Å². The number of carbonyl (C=O) groups is 3. The summed E-state index contributed by atoms with van der Waals surface area (Å²) in [5.41, 5.74) is 1.10. The van der Waals surface area contributed by atoms with Crippen molar-refractivity contribution in [3.8, 4) is 17.2 Å². The second-order valence-corrected chi connectivity index (χ2v) is 8.03. The van der Waals surface area contributed by atoms with E-state index in [2.05, 4.69) is 5.32 Å². The molecule has 0 spiro atoms. The molecule has 1 fully saturated rings. The number of nitrogens with zero attached hydrogens (tertiary/aromatic N) is 1. The van der Waals surface area contributed by atoms with Gasteiger partial charge in [-0.1, -0.05) is 12.1 Å². The van der Waals surface area contributed by atoms with Crippen LogP contribution in [0.3, 0.4) is 0 Å². The lowest BCUT2D eigenvalue weighted by Gasteiger charge is -2.26. The highest BCUT2D eigenvalue weighted by molar-refractivity contribution is 5.92. The molecule has 0 aliphatic carbocycles. The van der Waals surface area contributed by atoms with Gasteiger partial charge in [-0.3, -0.25) is 9.59 Å². The summed E-state index contributed by atoms with van der Waals surface area (Å²) in [6, 6.07) is 11.8. The lowest BCUT2D eigenvalue weighted by atomic mass is 10.1. The standard InChI is InChI=1S/C26H32N2O7/c1-3-33-23-15-20(9-12-22(23)34-18-25(30)28-13-5-4-6-14-28)26(31)35-17-24(29)27-16-19-7-10-21(32-2)11-8-19/h7-12,15H,3-6,13-14,16-18H2,1-2H3,(H,27,29). The third kappa shape index (κ3) is 7.91. The van der Waals surface area contributed by atoms with Crippen molar-refractivity contribution >= 4 is 17.8 Å². The number of hydrogen-bond acceptors (Lipinski definition) is 7. The summed E-state index contributed by atoms with van der Waals surface area (Å²) in [6.45, 7) is 3.44. The summed E-state index contributed by atoms with van der Waals surface area (Å²) in [7, 11) is 1.58. The number of benzene rings is 2. The number of esters is 1. The van der Waals surface area contributed by atoms with Crippen molar-refractivity contribution in [3.05, 3.63) is 53.6 Å². The van der Waals surface area contributed by atoms with E-state index < -0.39 is 18.5 Å². The van der Waals surface area contributed by atoms with Crippen LogP contribution in [0.25, 0.3) is 0 Å². The normalized spacial score (nSPS) is 13.0. The van der Waals surface area contributed by atoms with E-state index in [0.29, 0.717) is 24.7 Å². The van der Waals surface area contributed by atoms with Crippen molar-refractivity contribution in [1.82, 2.24) is 10.2 Å². The first kappa shape index (κ1) is 25.9. The summed E-state index contributed by atoms with van der Waals surface area (Å²) in [4.78, 5) is 38.7. The number of amides is 2. The van der Waals surface area contributed by atoms with Gasteiger partial charge in [0, 0.05) is 19.6 Å². The number of carbonyl (C=O) groups excluding carboxylic acids is 3. The second kappa shape index (κ2) is 13.2. The van der Waals surface area contributed by atoms with Crippen LogP contribution in [0.2, 0.25) is 0 Å². The van der Waals surface area contributed by atoms with Crippen molar-refractivity contribution in [3.63, 3.8) is 0 Å². The van der Waals surface area contributed by atoms with Crippen LogP contribution in [0, 0.1) is 0 Å². The summed E-state index contributed by atoms with van der Waals surface area (Å²) >= 11 is 0. The van der Waals surface area contributed by atoms with Crippen molar-refractivity contribution in [2.75, 3.05) is 40.0 Å². The molecule has 0 unspecified atom stereocenters. The van der Waals surface area contributed by atoms with E-state index in [9.17, 15) is 14.4 Å². The third-order valence-corrected chi connectivity index (χ3v) is 5.52. The smallest absolute Gasteiger partial charge is 0.338 e. The van der Waals surface area contributed by atoms with Crippen LogP contribution in [0.1, 0.15) is 42.1 Å². The average molecular weight is 485 g/mol. The molecule has 0 atom stereocenters. The molecule has 9 heteroatoms. The lowest BCUT2D eigenvalue weighted by Crippen LogP contribution is -2.38. The molecule has 2 aromatic carbocycles. The molecule has 2 amide bonds. The quantitative estimate of drug-likeness (QED) is 0.489. The largest absolute Gasteiger partial charge is 0.497 e. The summed E-state index contributed by atoms with van der Waals surface area (Å²) in [5, 5.41) is 2.70. The fourth-order valence-electron chi connectivity index (χ4n) is 3.61. The highest BCUT2D eigenvalue weighted by Crippen LogP contribution is 2.29. The molecule has 0 bridgehead atoms. The Kier molecular flexibility index (Phi) is 9.77. The molecule has 1 heterocycles. The van der Waals surface area contributed by atoms with E-state index >= 15 is 0 Å². The van der Waals surface area contributed by atoms with Gasteiger partial charge in [0.1, 0.15) is 5.75 Å². The Balaban J connectivity index is 1.50. The molecule has 1 aliphatic heterocycles. The van der Waals surface area contributed by atoms with E-state index in [0.717, 1.165) is 43.7 Å². The van der Waals surface area contributed by atoms with Gasteiger partial charge in [0.15, 0.2) is 24.7 Å². The number of likely N-dealkylation sites (tertiary alicyclic amines) is 1. The van der Waals surface area contributed by atoms with Gasteiger partial charge in [0.25, 0.3) is 11.8 Å². The first-order valence-corrected chi connectivity index (χ1v) is 11.7. The minimum Gasteiger partial charge on any atom is -0.497 e. The molecule has 1 saturated heterocycles. The number of ether oxygens (including phenoxy) is 4. The SMILES string of the molecule is CCOc1cc(C(=O)OCC(=O)NCc2ccc(OC)cc2)ccc1OCC(=O)N1CCCCC1. The van der Waals surface area contributed by atoms with Crippen LogP contribution in [0.15, 0.2) is 42.5 Å². The Morgan fingerprint density at radius 2 is 1.66 bits per heavy atom. The van der Waals surface area contributed by atoms with Crippen LogP contribution in [0.5, 0.6) is 17.2 Å². The minimum atomic E-state index is -0.665. The Morgan fingerprint density at radius 3 is 2.34 bits per heavy atom. The molecule has 35 heavy (non-hydrogen) atoms. The molecule has 1 aliphatic rings. The maximum absolute atomic E-state index is 12.5. The Bertz CT molecular complexity index is 1000. The first-order chi connectivity index (χ1) is 17.0. The monoisotopic (exact) mass is 484 g/mol. The van der Waals surface area contributed by atoms with E-state index in [1.165, 1.54) is 12.1 Å². The topological polar surface area (TPSA) is 103 Å². The summed E-state index contributed by atoms with van der Waals surface area (Å²) in [5.74, 6) is 0.266. The summed E-state index contributed by atoms with van der Waals surface area (Å²) < 4.78 is 21.5. The molecule has 188 valence electrons. The number of hydrogen-bond donors (Lipinski definition) is 1. The van der Waals surface area contributed by atoms with Gasteiger partial charge in [0.2, 0.25) is 0 Å². The average Bonchev–Trinajstić information content (AvgIpc) is 2.90. The van der Waals surface area contributed by atoms with Crippen LogP contribution >= 0.6 is 0 Å². The van der Waals surface area contributed by atoms with Gasteiger partial charge in [-0.15, -0.1) is 0 Å². The highest BCUT2D eigenvalue weighted by Gasteiger charge is 2.19. The number of rotatable bonds is 11. The molecule has 3 rings (SSSR count). The Labute approximate surface area is 205 Å². The van der Waals surface area contributed by atoms with Gasteiger partial charge in [-0.05, 0) is 62.1 Å². The van der Waals surface area contributed by atoms with E-state index in [-0.39, 0.29) is 18.1 Å². The third-order valence-electron chi connectivity index (χ3n) is 5.52. The minimum absolute atomic E-state index is 0.0729. The molecular formula is C26H32N2O7. The van der Waals surface area contributed by atoms with Crippen molar-refractivity contribution < 1.29 is 33.3 Å². The predicted octanol–water partition coefficient (Wildman–Crippen LogP) is 2.96. The Hall–Kier alpha value is -3.75. The van der Waals surface area contributed by atoms with Gasteiger partial charge >= 0.3 is 5.97 Å². The van der Waals surface area contributed by atoms with Crippen molar-refractivity contribution in [2.24, 2.45) is 0 Å². The van der Waals surface area contributed by atoms with Crippen molar-refractivity contribution in [1.29, 1.82) is 0 Å². The van der Waals surface area contributed by atoms with Gasteiger partial charge in [-0.25, -0.2) is 4.79 Å². The Morgan fingerprint density at radius 1 is 0.914 bits per heavy atom. The zero-order valence-electron chi connectivity index (χ0n) is 20.2. The number of nitrogens with one attached hydrogen (secondary N) is 1. The highest BCUT2D eigenvalue weighted by atomic mass is 16.5. The van der Waals surface area contributed by atoms with E-state index in [4.69, 9.17) is 18.9 Å². The van der Waals surface area contributed by atoms with Gasteiger partial charge < -0.3 is 29.2 Å². The van der Waals surface area contributed by atoms with Crippen LogP contribution < -0.4 is 19.5 Å². The number of methoxy groups -OCH3 is 1. The zero-order valence-corrected chi connectivity index (χ0v) is 20.2. The van der Waals surface area contributed by atoms with Gasteiger partial charge in [0.05, 0.1) is 19.3 Å². The molecule has 9 nitrogen and oxygen atoms in total. The lowest BCUT2D eigenvalue weighted by molar-refractivity contribution is -0.134. The molecule has 0 saturated carbocycles. The van der Waals surface area contributed by atoms with Gasteiger partial charge in [-0.2, -0.15) is 0 Å². The maximum atomic E-state index is 12.5. The summed E-state index contributed by atoms with van der Waals surface area (Å²) in [6.07, 6.45) is 3.15. The molecule has 0 radical (unpaired) electrons. The van der Waals surface area contributed by atoms with Crippen LogP contribution in [-0.2, 0) is 20.9 Å². The molecule has 0 aromatic heterocycles. The second-order valence-electron chi connectivity index (χ2n) is 8.03. The zero-order chi connectivity index (χ0) is 25.0. The molecule has 2 aromatic rings. The number of piperidine rings is 1. The van der Waals surface area contributed by atoms with Crippen molar-refractivity contribution in [2.45, 2.75) is 32.7 Å². The van der Waals surface area contributed by atoms with E-state index in [1.54, 1.807) is 37.1 Å². The van der Waals surface area contributed by atoms with Crippen LogP contribution in [-0.4, -0.2) is 62.7 Å². The fraction of sp³-hybridized carbons (Fsp3) is 0.423. The fourth-order valence-corrected chi connectivity index (χ4v) is 3.61. The van der Waals surface area contributed by atoms with E-state index in [1.807, 2.05) is 12.1 Å². The molecular weight excluding hydrogens is 452 g/mol.